The lowest BCUT2D eigenvalue weighted by atomic mass is 10.0. The van der Waals surface area contributed by atoms with Gasteiger partial charge in [0.1, 0.15) is 11.5 Å². The Kier molecular flexibility index (Phi) is 4.21. The number of halogens is 2. The van der Waals surface area contributed by atoms with Crippen LogP contribution in [-0.2, 0) is 0 Å². The van der Waals surface area contributed by atoms with E-state index in [4.69, 9.17) is 10.7 Å². The molecule has 2 N–H and O–H groups in total. The SMILES string of the molecule is Nc1nc(-c2ncccc2Br)nc(C2CCCC2)c1I. The third-order valence-corrected chi connectivity index (χ3v) is 5.36. The highest BCUT2D eigenvalue weighted by atomic mass is 127. The Hall–Kier alpha value is -0.760. The van der Waals surface area contributed by atoms with E-state index in [1.807, 2.05) is 12.1 Å². The molecular weight excluding hydrogens is 431 g/mol. The third-order valence-electron chi connectivity index (χ3n) is 3.61. The monoisotopic (exact) mass is 444 g/mol. The normalized spacial score (nSPS) is 15.7. The van der Waals surface area contributed by atoms with E-state index in [0.29, 0.717) is 17.6 Å². The number of nitrogen functional groups attached to an aromatic ring is 1. The number of aromatic nitrogens is 3. The van der Waals surface area contributed by atoms with Gasteiger partial charge in [-0.05, 0) is 63.5 Å². The van der Waals surface area contributed by atoms with Gasteiger partial charge in [0.25, 0.3) is 0 Å². The van der Waals surface area contributed by atoms with Crippen LogP contribution in [-0.4, -0.2) is 15.0 Å². The third kappa shape index (κ3) is 2.67. The maximum atomic E-state index is 6.07. The van der Waals surface area contributed by atoms with Crippen molar-refractivity contribution in [1.29, 1.82) is 0 Å². The minimum absolute atomic E-state index is 0.508. The van der Waals surface area contributed by atoms with E-state index in [-0.39, 0.29) is 0 Å². The van der Waals surface area contributed by atoms with Crippen LogP contribution in [0, 0.1) is 3.57 Å². The molecule has 0 spiro atoms. The Morgan fingerprint density at radius 3 is 2.70 bits per heavy atom. The van der Waals surface area contributed by atoms with Crippen molar-refractivity contribution in [2.45, 2.75) is 31.6 Å². The Balaban J connectivity index is 2.11. The first-order valence-corrected chi connectivity index (χ1v) is 8.48. The molecule has 0 unspecified atom stereocenters. The molecule has 2 aromatic rings. The highest BCUT2D eigenvalue weighted by Gasteiger charge is 2.24. The Labute approximate surface area is 139 Å². The van der Waals surface area contributed by atoms with Gasteiger partial charge >= 0.3 is 0 Å². The molecule has 0 bridgehead atoms. The summed E-state index contributed by atoms with van der Waals surface area (Å²) in [6.07, 6.45) is 6.66. The Bertz CT molecular complexity index is 641. The largest absolute Gasteiger partial charge is 0.383 e. The molecule has 0 aromatic carbocycles. The quantitative estimate of drug-likeness (QED) is 0.706. The smallest absolute Gasteiger partial charge is 0.181 e. The van der Waals surface area contributed by atoms with E-state index in [1.54, 1.807) is 6.20 Å². The molecule has 0 atom stereocenters. The van der Waals surface area contributed by atoms with Crippen molar-refractivity contribution in [2.24, 2.45) is 0 Å². The molecule has 4 nitrogen and oxygen atoms in total. The molecular formula is C14H14BrIN4. The van der Waals surface area contributed by atoms with Crippen molar-refractivity contribution < 1.29 is 0 Å². The maximum Gasteiger partial charge on any atom is 0.181 e. The first-order chi connectivity index (χ1) is 9.66. The lowest BCUT2D eigenvalue weighted by molar-refractivity contribution is 0.691. The lowest BCUT2D eigenvalue weighted by Crippen LogP contribution is -2.08. The average molecular weight is 445 g/mol. The molecule has 1 saturated carbocycles. The predicted octanol–water partition coefficient (Wildman–Crippen LogP) is 4.15. The van der Waals surface area contributed by atoms with Crippen LogP contribution in [0.1, 0.15) is 37.3 Å². The van der Waals surface area contributed by atoms with Crippen molar-refractivity contribution in [3.8, 4) is 11.5 Å². The van der Waals surface area contributed by atoms with E-state index in [2.05, 4.69) is 48.5 Å². The van der Waals surface area contributed by atoms with Crippen LogP contribution < -0.4 is 5.73 Å². The molecule has 1 aliphatic carbocycles. The maximum absolute atomic E-state index is 6.07. The van der Waals surface area contributed by atoms with E-state index >= 15 is 0 Å². The van der Waals surface area contributed by atoms with Gasteiger partial charge in [0.05, 0.1) is 9.26 Å². The second kappa shape index (κ2) is 5.93. The summed E-state index contributed by atoms with van der Waals surface area (Å²) in [4.78, 5) is 13.5. The Morgan fingerprint density at radius 1 is 1.25 bits per heavy atom. The molecule has 2 heterocycles. The number of pyridine rings is 1. The first kappa shape index (κ1) is 14.2. The fourth-order valence-corrected chi connectivity index (χ4v) is 3.72. The minimum atomic E-state index is 0.508. The van der Waals surface area contributed by atoms with Crippen LogP contribution in [0.25, 0.3) is 11.5 Å². The second-order valence-corrected chi connectivity index (χ2v) is 6.88. The average Bonchev–Trinajstić information content (AvgIpc) is 2.96. The number of hydrogen-bond acceptors (Lipinski definition) is 4. The molecule has 0 amide bonds. The highest BCUT2D eigenvalue weighted by Crippen LogP contribution is 2.37. The van der Waals surface area contributed by atoms with Crippen molar-refractivity contribution >= 4 is 44.3 Å². The summed E-state index contributed by atoms with van der Waals surface area (Å²) < 4.78 is 1.88. The number of rotatable bonds is 2. The van der Waals surface area contributed by atoms with E-state index < -0.39 is 0 Å². The highest BCUT2D eigenvalue weighted by molar-refractivity contribution is 14.1. The standard InChI is InChI=1S/C14H14BrIN4/c15-9-6-3-7-18-12(9)14-19-11(8-4-1-2-5-8)10(16)13(17)20-14/h3,6-8H,1-2,4-5H2,(H2,17,19,20). The van der Waals surface area contributed by atoms with Gasteiger partial charge in [-0.3, -0.25) is 4.98 Å². The molecule has 3 rings (SSSR count). The summed E-state index contributed by atoms with van der Waals surface area (Å²) in [6.45, 7) is 0. The molecule has 0 saturated heterocycles. The molecule has 1 aliphatic rings. The van der Waals surface area contributed by atoms with Gasteiger partial charge in [0.2, 0.25) is 0 Å². The van der Waals surface area contributed by atoms with Gasteiger partial charge < -0.3 is 5.73 Å². The fraction of sp³-hybridized carbons (Fsp3) is 0.357. The number of nitrogens with two attached hydrogens (primary N) is 1. The summed E-state index contributed by atoms with van der Waals surface area (Å²) in [6, 6.07) is 3.82. The van der Waals surface area contributed by atoms with Crippen molar-refractivity contribution in [3.63, 3.8) is 0 Å². The number of hydrogen-bond donors (Lipinski definition) is 1. The molecule has 2 aromatic heterocycles. The minimum Gasteiger partial charge on any atom is -0.383 e. The molecule has 104 valence electrons. The molecule has 0 radical (unpaired) electrons. The molecule has 6 heteroatoms. The van der Waals surface area contributed by atoms with Crippen LogP contribution in [0.2, 0.25) is 0 Å². The zero-order valence-electron chi connectivity index (χ0n) is 10.8. The zero-order valence-corrected chi connectivity index (χ0v) is 14.6. The van der Waals surface area contributed by atoms with E-state index in [0.717, 1.165) is 19.4 Å². The van der Waals surface area contributed by atoms with Gasteiger partial charge in [-0.15, -0.1) is 0 Å². The van der Waals surface area contributed by atoms with Gasteiger partial charge in [-0.25, -0.2) is 9.97 Å². The van der Waals surface area contributed by atoms with Crippen LogP contribution in [0.3, 0.4) is 0 Å². The summed E-state index contributed by atoms with van der Waals surface area (Å²) in [5.41, 5.74) is 7.91. The van der Waals surface area contributed by atoms with Gasteiger partial charge in [0.15, 0.2) is 5.82 Å². The van der Waals surface area contributed by atoms with Crippen LogP contribution in [0.15, 0.2) is 22.8 Å². The first-order valence-electron chi connectivity index (χ1n) is 6.60. The van der Waals surface area contributed by atoms with Gasteiger partial charge in [0, 0.05) is 16.6 Å². The Morgan fingerprint density at radius 2 is 2.00 bits per heavy atom. The topological polar surface area (TPSA) is 64.7 Å². The molecule has 1 fully saturated rings. The summed E-state index contributed by atoms with van der Waals surface area (Å²) in [5.74, 6) is 1.67. The molecule has 20 heavy (non-hydrogen) atoms. The number of anilines is 1. The summed E-state index contributed by atoms with van der Waals surface area (Å²) in [5, 5.41) is 0. The van der Waals surface area contributed by atoms with Crippen molar-refractivity contribution in [1.82, 2.24) is 15.0 Å². The predicted molar refractivity (Wildman–Crippen MR) is 91.3 cm³/mol. The fourth-order valence-electron chi connectivity index (χ4n) is 2.61. The van der Waals surface area contributed by atoms with Crippen LogP contribution in [0.5, 0.6) is 0 Å². The summed E-state index contributed by atoms with van der Waals surface area (Å²) in [7, 11) is 0. The van der Waals surface area contributed by atoms with E-state index in [1.165, 1.54) is 25.7 Å². The van der Waals surface area contributed by atoms with E-state index in [9.17, 15) is 0 Å². The van der Waals surface area contributed by atoms with Crippen molar-refractivity contribution in [2.75, 3.05) is 5.73 Å². The van der Waals surface area contributed by atoms with Crippen molar-refractivity contribution in [3.05, 3.63) is 32.1 Å². The van der Waals surface area contributed by atoms with Crippen LogP contribution >= 0.6 is 38.5 Å². The summed E-state index contributed by atoms with van der Waals surface area (Å²) >= 11 is 5.76. The second-order valence-electron chi connectivity index (χ2n) is 4.95. The van der Waals surface area contributed by atoms with Gasteiger partial charge in [-0.1, -0.05) is 12.8 Å². The lowest BCUT2D eigenvalue weighted by Gasteiger charge is -2.14. The zero-order chi connectivity index (χ0) is 14.1. The molecule has 0 aliphatic heterocycles. The van der Waals surface area contributed by atoms with Gasteiger partial charge in [-0.2, -0.15) is 0 Å². The van der Waals surface area contributed by atoms with Crippen LogP contribution in [0.4, 0.5) is 5.82 Å². The number of nitrogens with zero attached hydrogens (tertiary/aromatic N) is 3.